The zero-order chi connectivity index (χ0) is 16.0. The largest absolute Gasteiger partial charge is 0.379 e. The average Bonchev–Trinajstić information content (AvgIpc) is 2.55. The summed E-state index contributed by atoms with van der Waals surface area (Å²) in [5.74, 6) is -1.03. The Labute approximate surface area is 134 Å². The molecule has 0 spiro atoms. The number of rotatable bonds is 10. The molecule has 0 aromatic rings. The van der Waals surface area contributed by atoms with Crippen LogP contribution in [-0.4, -0.2) is 62.7 Å². The minimum Gasteiger partial charge on any atom is -0.379 e. The lowest BCUT2D eigenvalue weighted by Crippen LogP contribution is -2.42. The number of amides is 2. The number of carbonyl (C=O) groups is 2. The van der Waals surface area contributed by atoms with Crippen molar-refractivity contribution in [2.75, 3.05) is 45.9 Å². The molecule has 22 heavy (non-hydrogen) atoms. The van der Waals surface area contributed by atoms with E-state index in [-0.39, 0.29) is 0 Å². The van der Waals surface area contributed by atoms with E-state index in [9.17, 15) is 9.59 Å². The minimum atomic E-state index is -0.518. The zero-order valence-corrected chi connectivity index (χ0v) is 13.9. The molecule has 0 aromatic heterocycles. The monoisotopic (exact) mass is 313 g/mol. The maximum Gasteiger partial charge on any atom is 0.309 e. The molecule has 1 rings (SSSR count). The number of hydrogen-bond donors (Lipinski definition) is 2. The molecule has 1 aliphatic heterocycles. The predicted octanol–water partition coefficient (Wildman–Crippen LogP) is 0.912. The summed E-state index contributed by atoms with van der Waals surface area (Å²) in [4.78, 5) is 25.5. The van der Waals surface area contributed by atoms with E-state index in [4.69, 9.17) is 4.74 Å². The smallest absolute Gasteiger partial charge is 0.309 e. The first-order chi connectivity index (χ1) is 10.7. The quantitative estimate of drug-likeness (QED) is 0.465. The van der Waals surface area contributed by atoms with E-state index in [1.165, 1.54) is 19.3 Å². The van der Waals surface area contributed by atoms with Gasteiger partial charge >= 0.3 is 11.8 Å². The molecule has 0 aromatic carbocycles. The fraction of sp³-hybridized carbons (Fsp3) is 0.875. The van der Waals surface area contributed by atoms with Crippen molar-refractivity contribution in [1.82, 2.24) is 15.5 Å². The second-order valence-electron chi connectivity index (χ2n) is 5.73. The molecule has 1 saturated heterocycles. The summed E-state index contributed by atoms with van der Waals surface area (Å²) in [7, 11) is 0. The third kappa shape index (κ3) is 9.00. The van der Waals surface area contributed by atoms with Crippen LogP contribution < -0.4 is 10.6 Å². The van der Waals surface area contributed by atoms with E-state index in [1.54, 1.807) is 0 Å². The molecular weight excluding hydrogens is 282 g/mol. The topological polar surface area (TPSA) is 70.7 Å². The molecule has 2 N–H and O–H groups in total. The summed E-state index contributed by atoms with van der Waals surface area (Å²) in [5, 5.41) is 5.35. The Morgan fingerprint density at radius 3 is 2.14 bits per heavy atom. The van der Waals surface area contributed by atoms with Crippen molar-refractivity contribution in [3.63, 3.8) is 0 Å². The highest BCUT2D eigenvalue weighted by Crippen LogP contribution is 2.01. The lowest BCUT2D eigenvalue weighted by atomic mass is 10.1. The number of ether oxygens (including phenoxy) is 1. The van der Waals surface area contributed by atoms with Crippen LogP contribution in [0, 0.1) is 0 Å². The number of morpholine rings is 1. The van der Waals surface area contributed by atoms with Crippen LogP contribution in [0.1, 0.15) is 45.4 Å². The molecule has 6 nitrogen and oxygen atoms in total. The molecule has 0 radical (unpaired) electrons. The highest BCUT2D eigenvalue weighted by atomic mass is 16.5. The zero-order valence-electron chi connectivity index (χ0n) is 13.9. The Kier molecular flexibility index (Phi) is 10.7. The van der Waals surface area contributed by atoms with Gasteiger partial charge in [-0.05, 0) is 19.4 Å². The molecule has 1 aliphatic rings. The molecule has 6 heteroatoms. The van der Waals surface area contributed by atoms with Crippen molar-refractivity contribution in [2.45, 2.75) is 45.4 Å². The summed E-state index contributed by atoms with van der Waals surface area (Å²) < 4.78 is 5.28. The fourth-order valence-electron chi connectivity index (χ4n) is 2.42. The van der Waals surface area contributed by atoms with Crippen LogP contribution in [0.2, 0.25) is 0 Å². The molecule has 0 unspecified atom stereocenters. The van der Waals surface area contributed by atoms with Gasteiger partial charge in [0.25, 0.3) is 0 Å². The third-order valence-corrected chi connectivity index (χ3v) is 3.81. The molecule has 0 aliphatic carbocycles. The van der Waals surface area contributed by atoms with E-state index in [0.717, 1.165) is 52.1 Å². The highest BCUT2D eigenvalue weighted by Gasteiger charge is 2.13. The second kappa shape index (κ2) is 12.4. The lowest BCUT2D eigenvalue weighted by molar-refractivity contribution is -0.139. The molecular formula is C16H31N3O3. The van der Waals surface area contributed by atoms with Gasteiger partial charge in [-0.15, -0.1) is 0 Å². The van der Waals surface area contributed by atoms with Crippen LogP contribution in [0.25, 0.3) is 0 Å². The van der Waals surface area contributed by atoms with Gasteiger partial charge in [0, 0.05) is 26.2 Å². The second-order valence-corrected chi connectivity index (χ2v) is 5.73. The van der Waals surface area contributed by atoms with Crippen LogP contribution in [0.3, 0.4) is 0 Å². The Hall–Kier alpha value is -1.14. The SMILES string of the molecule is CCCCCCCNC(=O)C(=O)NCCCN1CCOCC1. The Morgan fingerprint density at radius 2 is 1.50 bits per heavy atom. The maximum absolute atomic E-state index is 11.6. The van der Waals surface area contributed by atoms with Gasteiger partial charge in [0.15, 0.2) is 0 Å². The van der Waals surface area contributed by atoms with E-state index >= 15 is 0 Å². The first kappa shape index (κ1) is 18.9. The van der Waals surface area contributed by atoms with Crippen molar-refractivity contribution in [3.05, 3.63) is 0 Å². The van der Waals surface area contributed by atoms with Gasteiger partial charge in [0.2, 0.25) is 0 Å². The summed E-state index contributed by atoms with van der Waals surface area (Å²) in [6, 6.07) is 0. The number of nitrogens with one attached hydrogen (secondary N) is 2. The summed E-state index contributed by atoms with van der Waals surface area (Å²) in [5.41, 5.74) is 0. The van der Waals surface area contributed by atoms with Crippen molar-refractivity contribution in [1.29, 1.82) is 0 Å². The van der Waals surface area contributed by atoms with Crippen molar-refractivity contribution < 1.29 is 14.3 Å². The molecule has 1 fully saturated rings. The Balaban J connectivity index is 1.95. The van der Waals surface area contributed by atoms with Gasteiger partial charge in [-0.25, -0.2) is 0 Å². The summed E-state index contributed by atoms with van der Waals surface area (Å²) >= 11 is 0. The van der Waals surface area contributed by atoms with Gasteiger partial charge in [-0.1, -0.05) is 32.6 Å². The van der Waals surface area contributed by atoms with Gasteiger partial charge in [0.05, 0.1) is 13.2 Å². The van der Waals surface area contributed by atoms with E-state index in [2.05, 4.69) is 22.5 Å². The summed E-state index contributed by atoms with van der Waals surface area (Å²) in [6.45, 7) is 7.71. The number of unbranched alkanes of at least 4 members (excludes halogenated alkanes) is 4. The average molecular weight is 313 g/mol. The van der Waals surface area contributed by atoms with Crippen LogP contribution in [0.5, 0.6) is 0 Å². The van der Waals surface area contributed by atoms with Gasteiger partial charge < -0.3 is 15.4 Å². The van der Waals surface area contributed by atoms with Gasteiger partial charge in [-0.2, -0.15) is 0 Å². The first-order valence-electron chi connectivity index (χ1n) is 8.60. The Bertz CT molecular complexity index is 318. The van der Waals surface area contributed by atoms with Gasteiger partial charge in [-0.3, -0.25) is 14.5 Å². The van der Waals surface area contributed by atoms with E-state index in [1.807, 2.05) is 0 Å². The molecule has 0 bridgehead atoms. The van der Waals surface area contributed by atoms with Crippen LogP contribution >= 0.6 is 0 Å². The molecule has 128 valence electrons. The number of carbonyl (C=O) groups excluding carboxylic acids is 2. The number of hydrogen-bond acceptors (Lipinski definition) is 4. The highest BCUT2D eigenvalue weighted by molar-refractivity contribution is 6.35. The van der Waals surface area contributed by atoms with Crippen LogP contribution in [-0.2, 0) is 14.3 Å². The van der Waals surface area contributed by atoms with Crippen molar-refractivity contribution >= 4 is 11.8 Å². The Morgan fingerprint density at radius 1 is 0.909 bits per heavy atom. The number of nitrogens with zero attached hydrogens (tertiary/aromatic N) is 1. The lowest BCUT2D eigenvalue weighted by Gasteiger charge is -2.26. The standard InChI is InChI=1S/C16H31N3O3/c1-2-3-4-5-6-8-17-15(20)16(21)18-9-7-10-19-11-13-22-14-12-19/h2-14H2,1H3,(H,17,20)(H,18,21). The molecule has 2 amide bonds. The first-order valence-corrected chi connectivity index (χ1v) is 8.60. The minimum absolute atomic E-state index is 0.512. The predicted molar refractivity (Wildman–Crippen MR) is 86.7 cm³/mol. The normalized spacial score (nSPS) is 15.5. The fourth-order valence-corrected chi connectivity index (χ4v) is 2.42. The molecule has 0 saturated carbocycles. The van der Waals surface area contributed by atoms with Crippen molar-refractivity contribution in [3.8, 4) is 0 Å². The van der Waals surface area contributed by atoms with Crippen LogP contribution in [0.4, 0.5) is 0 Å². The molecule has 1 heterocycles. The van der Waals surface area contributed by atoms with E-state index in [0.29, 0.717) is 13.1 Å². The summed E-state index contributed by atoms with van der Waals surface area (Å²) in [6.07, 6.45) is 6.54. The third-order valence-electron chi connectivity index (χ3n) is 3.81. The van der Waals surface area contributed by atoms with E-state index < -0.39 is 11.8 Å². The van der Waals surface area contributed by atoms with Crippen molar-refractivity contribution in [2.24, 2.45) is 0 Å². The maximum atomic E-state index is 11.6. The van der Waals surface area contributed by atoms with Crippen LogP contribution in [0.15, 0.2) is 0 Å². The molecule has 0 atom stereocenters. The van der Waals surface area contributed by atoms with Gasteiger partial charge in [0.1, 0.15) is 0 Å².